The summed E-state index contributed by atoms with van der Waals surface area (Å²) in [5.41, 5.74) is 0.946. The van der Waals surface area contributed by atoms with Gasteiger partial charge in [0.05, 0.1) is 6.04 Å². The molecular weight excluding hydrogens is 224 g/mol. The van der Waals surface area contributed by atoms with Crippen LogP contribution < -0.4 is 0 Å². The van der Waals surface area contributed by atoms with Gasteiger partial charge >= 0.3 is 0 Å². The molecule has 0 aliphatic carbocycles. The van der Waals surface area contributed by atoms with Crippen LogP contribution in [0.5, 0.6) is 0 Å². The molecule has 4 nitrogen and oxygen atoms in total. The number of aromatic nitrogens is 3. The maximum Gasteiger partial charge on any atom is 0.168 e. The molecule has 1 atom stereocenters. The Morgan fingerprint density at radius 1 is 1.28 bits per heavy atom. The quantitative estimate of drug-likeness (QED) is 0.814. The molecule has 2 aromatic rings. The van der Waals surface area contributed by atoms with Gasteiger partial charge in [0.15, 0.2) is 11.5 Å². The topological polar surface area (TPSA) is 33.4 Å². The lowest BCUT2D eigenvalue weighted by molar-refractivity contribution is 0.106. The normalized spacial score (nSPS) is 21.8. The third-order valence-electron chi connectivity index (χ3n) is 3.76. The smallest absolute Gasteiger partial charge is 0.168 e. The summed E-state index contributed by atoms with van der Waals surface area (Å²) in [7, 11) is 0. The lowest BCUT2D eigenvalue weighted by atomic mass is 10.00. The molecule has 0 N–H and O–H groups in total. The summed E-state index contributed by atoms with van der Waals surface area (Å²) in [6.07, 6.45) is 5.72. The number of rotatable bonds is 2. The fourth-order valence-corrected chi connectivity index (χ4v) is 2.84. The van der Waals surface area contributed by atoms with Gasteiger partial charge in [-0.15, -0.1) is 5.10 Å². The molecule has 1 saturated heterocycles. The van der Waals surface area contributed by atoms with E-state index in [4.69, 9.17) is 0 Å². The molecular formula is C14H20N4. The van der Waals surface area contributed by atoms with Crippen molar-refractivity contribution in [3.63, 3.8) is 0 Å². The van der Waals surface area contributed by atoms with Crippen LogP contribution in [0.25, 0.3) is 5.65 Å². The molecule has 1 fully saturated rings. The molecule has 0 radical (unpaired) electrons. The lowest BCUT2D eigenvalue weighted by Crippen LogP contribution is -2.39. The number of likely N-dealkylation sites (tertiary alicyclic amines) is 1. The highest BCUT2D eigenvalue weighted by Gasteiger charge is 2.28. The Morgan fingerprint density at radius 3 is 2.94 bits per heavy atom. The van der Waals surface area contributed by atoms with Gasteiger partial charge in [0.25, 0.3) is 0 Å². The summed E-state index contributed by atoms with van der Waals surface area (Å²) >= 11 is 0. The van der Waals surface area contributed by atoms with Crippen LogP contribution in [0.4, 0.5) is 0 Å². The second-order valence-electron chi connectivity index (χ2n) is 5.32. The first-order valence-electron chi connectivity index (χ1n) is 6.83. The van der Waals surface area contributed by atoms with Crippen molar-refractivity contribution < 1.29 is 0 Å². The molecule has 0 amide bonds. The van der Waals surface area contributed by atoms with E-state index in [-0.39, 0.29) is 0 Å². The second kappa shape index (κ2) is 4.69. The van der Waals surface area contributed by atoms with Gasteiger partial charge in [0.2, 0.25) is 0 Å². The van der Waals surface area contributed by atoms with Crippen LogP contribution in [-0.2, 0) is 0 Å². The molecule has 96 valence electrons. The molecule has 0 saturated carbocycles. The summed E-state index contributed by atoms with van der Waals surface area (Å²) in [4.78, 5) is 7.21. The number of pyridine rings is 1. The third kappa shape index (κ3) is 2.01. The Labute approximate surface area is 108 Å². The zero-order chi connectivity index (χ0) is 12.5. The van der Waals surface area contributed by atoms with Crippen LogP contribution in [0.2, 0.25) is 0 Å². The number of hydrogen-bond acceptors (Lipinski definition) is 3. The Hall–Kier alpha value is -1.42. The van der Waals surface area contributed by atoms with Gasteiger partial charge in [0.1, 0.15) is 0 Å². The van der Waals surface area contributed by atoms with Gasteiger partial charge in [0, 0.05) is 12.2 Å². The van der Waals surface area contributed by atoms with E-state index in [1.165, 1.54) is 19.3 Å². The fourth-order valence-electron chi connectivity index (χ4n) is 2.84. The molecule has 3 heterocycles. The van der Waals surface area contributed by atoms with Crippen LogP contribution in [-0.4, -0.2) is 32.1 Å². The summed E-state index contributed by atoms with van der Waals surface area (Å²) in [6.45, 7) is 5.68. The number of fused-ring (bicyclic) bond motifs is 1. The van der Waals surface area contributed by atoms with Gasteiger partial charge < -0.3 is 0 Å². The molecule has 18 heavy (non-hydrogen) atoms. The molecule has 0 spiro atoms. The van der Waals surface area contributed by atoms with Crippen molar-refractivity contribution in [1.82, 2.24) is 19.5 Å². The molecule has 0 bridgehead atoms. The van der Waals surface area contributed by atoms with E-state index in [1.807, 2.05) is 28.9 Å². The maximum absolute atomic E-state index is 4.68. The third-order valence-corrected chi connectivity index (χ3v) is 3.76. The Bertz CT molecular complexity index is 498. The van der Waals surface area contributed by atoms with Crippen molar-refractivity contribution in [2.24, 2.45) is 0 Å². The van der Waals surface area contributed by atoms with Crippen molar-refractivity contribution in [2.75, 3.05) is 6.54 Å². The Kier molecular flexibility index (Phi) is 3.04. The molecule has 1 aliphatic rings. The molecule has 1 aliphatic heterocycles. The zero-order valence-electron chi connectivity index (χ0n) is 11.1. The Balaban J connectivity index is 1.96. The van der Waals surface area contributed by atoms with Crippen LogP contribution in [0, 0.1) is 0 Å². The second-order valence-corrected chi connectivity index (χ2v) is 5.32. The van der Waals surface area contributed by atoms with Crippen LogP contribution in [0.1, 0.15) is 45.0 Å². The van der Waals surface area contributed by atoms with Crippen molar-refractivity contribution in [1.29, 1.82) is 0 Å². The molecule has 3 rings (SSSR count). The van der Waals surface area contributed by atoms with E-state index >= 15 is 0 Å². The fraction of sp³-hybridized carbons (Fsp3) is 0.571. The van der Waals surface area contributed by atoms with E-state index in [2.05, 4.69) is 28.8 Å². The first-order valence-corrected chi connectivity index (χ1v) is 6.83. The van der Waals surface area contributed by atoms with Crippen LogP contribution >= 0.6 is 0 Å². The first-order chi connectivity index (χ1) is 8.75. The van der Waals surface area contributed by atoms with Gasteiger partial charge in [-0.25, -0.2) is 9.50 Å². The van der Waals surface area contributed by atoms with Crippen molar-refractivity contribution >= 4 is 5.65 Å². The molecule has 2 aromatic heterocycles. The van der Waals surface area contributed by atoms with Crippen molar-refractivity contribution in [3.05, 3.63) is 30.2 Å². The maximum atomic E-state index is 4.68. The van der Waals surface area contributed by atoms with E-state index < -0.39 is 0 Å². The predicted molar refractivity (Wildman–Crippen MR) is 71.4 cm³/mol. The number of hydrogen-bond donors (Lipinski definition) is 0. The predicted octanol–water partition coefficient (Wildman–Crippen LogP) is 2.66. The van der Waals surface area contributed by atoms with Gasteiger partial charge in [-0.3, -0.25) is 4.90 Å². The van der Waals surface area contributed by atoms with Gasteiger partial charge in [-0.05, 0) is 45.4 Å². The van der Waals surface area contributed by atoms with E-state index in [9.17, 15) is 0 Å². The summed E-state index contributed by atoms with van der Waals surface area (Å²) in [5.74, 6) is 0.981. The largest absolute Gasteiger partial charge is 0.291 e. The summed E-state index contributed by atoms with van der Waals surface area (Å²) in [6, 6.07) is 6.96. The summed E-state index contributed by atoms with van der Waals surface area (Å²) in [5, 5.41) is 4.63. The van der Waals surface area contributed by atoms with Gasteiger partial charge in [-0.2, -0.15) is 0 Å². The SMILES string of the molecule is CC(C)N1CCCCC1c1nc2ccccn2n1. The van der Waals surface area contributed by atoms with Gasteiger partial charge in [-0.1, -0.05) is 12.5 Å². The number of piperidine rings is 1. The van der Waals surface area contributed by atoms with Crippen LogP contribution in [0.15, 0.2) is 24.4 Å². The summed E-state index contributed by atoms with van der Waals surface area (Å²) < 4.78 is 1.88. The molecule has 4 heteroatoms. The monoisotopic (exact) mass is 244 g/mol. The minimum Gasteiger partial charge on any atom is -0.291 e. The molecule has 0 aromatic carbocycles. The van der Waals surface area contributed by atoms with E-state index in [0.29, 0.717) is 12.1 Å². The van der Waals surface area contributed by atoms with E-state index in [0.717, 1.165) is 18.0 Å². The average molecular weight is 244 g/mol. The van der Waals surface area contributed by atoms with Crippen LogP contribution in [0.3, 0.4) is 0 Å². The minimum absolute atomic E-state index is 0.388. The average Bonchev–Trinajstić information content (AvgIpc) is 2.82. The highest BCUT2D eigenvalue weighted by Crippen LogP contribution is 2.30. The van der Waals surface area contributed by atoms with E-state index in [1.54, 1.807) is 0 Å². The van der Waals surface area contributed by atoms with Crippen molar-refractivity contribution in [2.45, 2.75) is 45.2 Å². The minimum atomic E-state index is 0.388. The highest BCUT2D eigenvalue weighted by atomic mass is 15.3. The lowest BCUT2D eigenvalue weighted by Gasteiger charge is -2.36. The van der Waals surface area contributed by atoms with Crippen molar-refractivity contribution in [3.8, 4) is 0 Å². The number of nitrogens with zero attached hydrogens (tertiary/aromatic N) is 4. The standard InChI is InChI=1S/C14H20N4/c1-11(2)17-9-5-3-7-12(17)14-15-13-8-4-6-10-18(13)16-14/h4,6,8,10-12H,3,5,7,9H2,1-2H3. The molecule has 1 unspecified atom stereocenters. The zero-order valence-corrected chi connectivity index (χ0v) is 11.1. The highest BCUT2D eigenvalue weighted by molar-refractivity contribution is 5.36. The first kappa shape index (κ1) is 11.7. The Morgan fingerprint density at radius 2 is 2.17 bits per heavy atom.